The van der Waals surface area contributed by atoms with Gasteiger partial charge >= 0.3 is 0 Å². The Balaban J connectivity index is 1.76. The molecular formula is C18H24N2O5S. The monoisotopic (exact) mass is 380 g/mol. The first-order chi connectivity index (χ1) is 12.4. The summed E-state index contributed by atoms with van der Waals surface area (Å²) in [5, 5.41) is 0. The molecule has 2 aliphatic heterocycles. The van der Waals surface area contributed by atoms with Crippen LogP contribution in [-0.2, 0) is 19.4 Å². The molecule has 3 rings (SSSR count). The summed E-state index contributed by atoms with van der Waals surface area (Å²) in [6, 6.07) is 6.94. The third-order valence-corrected chi connectivity index (χ3v) is 6.87. The largest absolute Gasteiger partial charge is 0.495 e. The average Bonchev–Trinajstić information content (AvgIpc) is 3.18. The van der Waals surface area contributed by atoms with Gasteiger partial charge in [0.25, 0.3) is 0 Å². The molecule has 1 aromatic rings. The molecule has 2 aliphatic rings. The number of carbonyl (C=O) groups is 2. The van der Waals surface area contributed by atoms with E-state index in [2.05, 4.69) is 0 Å². The van der Waals surface area contributed by atoms with Crippen molar-refractivity contribution in [2.24, 2.45) is 5.92 Å². The molecule has 0 aromatic heterocycles. The van der Waals surface area contributed by atoms with Crippen LogP contribution in [0.1, 0.15) is 19.8 Å². The zero-order valence-corrected chi connectivity index (χ0v) is 15.9. The number of anilines is 1. The highest BCUT2D eigenvalue weighted by Gasteiger charge is 2.41. The van der Waals surface area contributed by atoms with Crippen molar-refractivity contribution in [3.8, 4) is 5.75 Å². The van der Waals surface area contributed by atoms with Crippen molar-refractivity contribution >= 4 is 27.3 Å². The smallest absolute Gasteiger partial charge is 0.228 e. The number of ether oxygens (including phenoxy) is 1. The molecule has 8 heteroatoms. The van der Waals surface area contributed by atoms with E-state index >= 15 is 0 Å². The summed E-state index contributed by atoms with van der Waals surface area (Å²) >= 11 is 0. The number of nitrogens with zero attached hydrogens (tertiary/aromatic N) is 2. The van der Waals surface area contributed by atoms with Gasteiger partial charge in [-0.2, -0.15) is 0 Å². The Morgan fingerprint density at radius 1 is 1.35 bits per heavy atom. The molecule has 142 valence electrons. The number of rotatable bonds is 5. The van der Waals surface area contributed by atoms with Crippen LogP contribution in [0.5, 0.6) is 5.75 Å². The first-order valence-corrected chi connectivity index (χ1v) is 10.6. The molecule has 7 nitrogen and oxygen atoms in total. The third-order valence-electron chi connectivity index (χ3n) is 5.12. The first-order valence-electron chi connectivity index (χ1n) is 8.80. The van der Waals surface area contributed by atoms with Gasteiger partial charge in [-0.15, -0.1) is 0 Å². The van der Waals surface area contributed by atoms with Crippen molar-refractivity contribution in [1.82, 2.24) is 4.90 Å². The minimum absolute atomic E-state index is 0.0173. The summed E-state index contributed by atoms with van der Waals surface area (Å²) < 4.78 is 28.8. The van der Waals surface area contributed by atoms with Crippen molar-refractivity contribution in [2.45, 2.75) is 25.8 Å². The molecule has 0 spiro atoms. The normalized spacial score (nSPS) is 24.7. The third kappa shape index (κ3) is 3.56. The van der Waals surface area contributed by atoms with Gasteiger partial charge in [0, 0.05) is 25.6 Å². The topological polar surface area (TPSA) is 84.0 Å². The van der Waals surface area contributed by atoms with E-state index < -0.39 is 15.8 Å². The van der Waals surface area contributed by atoms with E-state index in [0.717, 1.165) is 0 Å². The lowest BCUT2D eigenvalue weighted by Gasteiger charge is -2.29. The summed E-state index contributed by atoms with van der Waals surface area (Å²) in [6.07, 6.45) is 0.603. The van der Waals surface area contributed by atoms with Crippen LogP contribution in [0.3, 0.4) is 0 Å². The number of para-hydroxylation sites is 2. The SMILES string of the molecule is CCN(C(=O)C1CC(=O)N(c2ccccc2OC)C1)C1CCS(=O)(=O)C1. The molecule has 2 saturated heterocycles. The summed E-state index contributed by atoms with van der Waals surface area (Å²) in [5.74, 6) is 0.00382. The summed E-state index contributed by atoms with van der Waals surface area (Å²) in [6.45, 7) is 2.57. The van der Waals surface area contributed by atoms with E-state index in [1.807, 2.05) is 19.1 Å². The molecule has 0 aliphatic carbocycles. The molecule has 2 unspecified atom stereocenters. The van der Waals surface area contributed by atoms with Gasteiger partial charge in [0.05, 0.1) is 30.2 Å². The van der Waals surface area contributed by atoms with Crippen molar-refractivity contribution in [1.29, 1.82) is 0 Å². The fourth-order valence-corrected chi connectivity index (χ4v) is 5.54. The molecule has 2 amide bonds. The minimum Gasteiger partial charge on any atom is -0.495 e. The highest BCUT2D eigenvalue weighted by Crippen LogP contribution is 2.33. The van der Waals surface area contributed by atoms with Crippen LogP contribution < -0.4 is 9.64 Å². The number of hydrogen-bond acceptors (Lipinski definition) is 5. The predicted octanol–water partition coefficient (Wildman–Crippen LogP) is 1.08. The quantitative estimate of drug-likeness (QED) is 0.763. The first kappa shape index (κ1) is 18.7. The molecular weight excluding hydrogens is 356 g/mol. The second kappa shape index (κ2) is 7.26. The van der Waals surface area contributed by atoms with Crippen molar-refractivity contribution in [3.63, 3.8) is 0 Å². The van der Waals surface area contributed by atoms with Gasteiger partial charge in [-0.25, -0.2) is 8.42 Å². The Labute approximate surface area is 153 Å². The van der Waals surface area contributed by atoms with Gasteiger partial charge in [0.15, 0.2) is 9.84 Å². The number of amides is 2. The molecule has 2 heterocycles. The molecule has 0 saturated carbocycles. The van der Waals surface area contributed by atoms with Crippen LogP contribution in [0.15, 0.2) is 24.3 Å². The van der Waals surface area contributed by atoms with Gasteiger partial charge in [-0.3, -0.25) is 9.59 Å². The maximum atomic E-state index is 13.0. The molecule has 0 N–H and O–H groups in total. The highest BCUT2D eigenvalue weighted by atomic mass is 32.2. The van der Waals surface area contributed by atoms with Gasteiger partial charge in [-0.1, -0.05) is 12.1 Å². The van der Waals surface area contributed by atoms with Crippen molar-refractivity contribution in [3.05, 3.63) is 24.3 Å². The maximum absolute atomic E-state index is 13.0. The van der Waals surface area contributed by atoms with Crippen LogP contribution in [0.4, 0.5) is 5.69 Å². The number of methoxy groups -OCH3 is 1. The van der Waals surface area contributed by atoms with Gasteiger partial charge in [0.1, 0.15) is 5.75 Å². The lowest BCUT2D eigenvalue weighted by atomic mass is 10.1. The fraction of sp³-hybridized carbons (Fsp3) is 0.556. The van der Waals surface area contributed by atoms with Gasteiger partial charge in [0.2, 0.25) is 11.8 Å². The van der Waals surface area contributed by atoms with E-state index in [0.29, 0.717) is 24.4 Å². The number of hydrogen-bond donors (Lipinski definition) is 0. The Morgan fingerprint density at radius 3 is 2.69 bits per heavy atom. The molecule has 2 atom stereocenters. The average molecular weight is 380 g/mol. The lowest BCUT2D eigenvalue weighted by Crippen LogP contribution is -2.44. The number of sulfone groups is 1. The predicted molar refractivity (Wildman–Crippen MR) is 97.9 cm³/mol. The second-order valence-corrected chi connectivity index (χ2v) is 8.99. The van der Waals surface area contributed by atoms with Crippen LogP contribution in [0.25, 0.3) is 0 Å². The zero-order valence-electron chi connectivity index (χ0n) is 15.1. The highest BCUT2D eigenvalue weighted by molar-refractivity contribution is 7.91. The van der Waals surface area contributed by atoms with Crippen LogP contribution >= 0.6 is 0 Å². The zero-order chi connectivity index (χ0) is 18.9. The second-order valence-electron chi connectivity index (χ2n) is 6.76. The molecule has 0 radical (unpaired) electrons. The molecule has 0 bridgehead atoms. The van der Waals surface area contributed by atoms with Crippen molar-refractivity contribution in [2.75, 3.05) is 36.6 Å². The van der Waals surface area contributed by atoms with E-state index in [1.54, 1.807) is 29.0 Å². The Hall–Kier alpha value is -2.09. The summed E-state index contributed by atoms with van der Waals surface area (Å²) in [5.41, 5.74) is 0.654. The molecule has 2 fully saturated rings. The number of benzene rings is 1. The van der Waals surface area contributed by atoms with Crippen LogP contribution in [0.2, 0.25) is 0 Å². The van der Waals surface area contributed by atoms with Crippen LogP contribution in [0, 0.1) is 5.92 Å². The van der Waals surface area contributed by atoms with Crippen LogP contribution in [-0.4, -0.2) is 62.9 Å². The Morgan fingerprint density at radius 2 is 2.08 bits per heavy atom. The Kier molecular flexibility index (Phi) is 5.22. The standard InChI is InChI=1S/C18H24N2O5S/c1-3-19(14-8-9-26(23,24)12-14)18(22)13-10-17(21)20(11-13)15-6-4-5-7-16(15)25-2/h4-7,13-14H,3,8-12H2,1-2H3. The maximum Gasteiger partial charge on any atom is 0.228 e. The lowest BCUT2D eigenvalue weighted by molar-refractivity contribution is -0.137. The van der Waals surface area contributed by atoms with E-state index in [9.17, 15) is 18.0 Å². The molecule has 26 heavy (non-hydrogen) atoms. The number of carbonyl (C=O) groups excluding carboxylic acids is 2. The minimum atomic E-state index is -3.07. The van der Waals surface area contributed by atoms with E-state index in [-0.39, 0.29) is 42.3 Å². The summed E-state index contributed by atoms with van der Waals surface area (Å²) in [7, 11) is -1.53. The summed E-state index contributed by atoms with van der Waals surface area (Å²) in [4.78, 5) is 28.7. The fourth-order valence-electron chi connectivity index (χ4n) is 3.81. The Bertz CT molecular complexity index is 808. The van der Waals surface area contributed by atoms with E-state index in [1.165, 1.54) is 0 Å². The van der Waals surface area contributed by atoms with Gasteiger partial charge < -0.3 is 14.5 Å². The molecule has 1 aromatic carbocycles. The van der Waals surface area contributed by atoms with E-state index in [4.69, 9.17) is 4.74 Å². The van der Waals surface area contributed by atoms with Crippen molar-refractivity contribution < 1.29 is 22.7 Å². The van der Waals surface area contributed by atoms with Gasteiger partial charge in [-0.05, 0) is 25.5 Å².